The van der Waals surface area contributed by atoms with Crippen molar-refractivity contribution in [3.8, 4) is 0 Å². The average molecular weight is 156 g/mol. The fourth-order valence-corrected chi connectivity index (χ4v) is 0.918. The highest BCUT2D eigenvalue weighted by Gasteiger charge is 2.17. The van der Waals surface area contributed by atoms with Gasteiger partial charge >= 0.3 is 0 Å². The van der Waals surface area contributed by atoms with Crippen molar-refractivity contribution in [2.24, 2.45) is 5.92 Å². The lowest BCUT2D eigenvalue weighted by molar-refractivity contribution is -0.0679. The van der Waals surface area contributed by atoms with Crippen molar-refractivity contribution in [1.29, 1.82) is 0 Å². The quantitative estimate of drug-likeness (QED) is 0.445. The lowest BCUT2D eigenvalue weighted by Crippen LogP contribution is -2.31. The van der Waals surface area contributed by atoms with Gasteiger partial charge in [0.1, 0.15) is 0 Å². The minimum Gasteiger partial charge on any atom is -0.381 e. The number of hydrogen-bond acceptors (Lipinski definition) is 2. The Bertz CT molecular complexity index is 117. The van der Waals surface area contributed by atoms with Crippen LogP contribution in [0.3, 0.4) is 0 Å². The van der Waals surface area contributed by atoms with Crippen LogP contribution in [0.2, 0.25) is 0 Å². The van der Waals surface area contributed by atoms with Crippen LogP contribution in [-0.4, -0.2) is 26.4 Å². The summed E-state index contributed by atoms with van der Waals surface area (Å²) in [5.41, 5.74) is 0. The van der Waals surface area contributed by atoms with Crippen molar-refractivity contribution in [1.82, 2.24) is 0 Å². The molecule has 2 nitrogen and oxygen atoms in total. The summed E-state index contributed by atoms with van der Waals surface area (Å²) in [6, 6.07) is 0. The standard InChI is InChI=1S/C9H16O2/c1-2-3-4-5-10-6-9-7-11-8-9/h3-4,9H,2,5-8H2,1H3. The maximum absolute atomic E-state index is 5.37. The second kappa shape index (κ2) is 5.33. The van der Waals surface area contributed by atoms with Gasteiger partial charge in [-0.1, -0.05) is 19.1 Å². The van der Waals surface area contributed by atoms with Crippen LogP contribution in [0.1, 0.15) is 13.3 Å². The monoisotopic (exact) mass is 156 g/mol. The first-order valence-corrected chi connectivity index (χ1v) is 4.24. The Morgan fingerprint density at radius 2 is 2.27 bits per heavy atom. The predicted molar refractivity (Wildman–Crippen MR) is 44.6 cm³/mol. The summed E-state index contributed by atoms with van der Waals surface area (Å²) >= 11 is 0. The summed E-state index contributed by atoms with van der Waals surface area (Å²) in [4.78, 5) is 0. The molecule has 0 unspecified atom stereocenters. The van der Waals surface area contributed by atoms with Gasteiger partial charge in [0.25, 0.3) is 0 Å². The van der Waals surface area contributed by atoms with Crippen molar-refractivity contribution >= 4 is 0 Å². The third kappa shape index (κ3) is 3.54. The van der Waals surface area contributed by atoms with E-state index >= 15 is 0 Å². The highest BCUT2D eigenvalue weighted by atomic mass is 16.5. The van der Waals surface area contributed by atoms with E-state index in [1.165, 1.54) is 0 Å². The Morgan fingerprint density at radius 3 is 2.82 bits per heavy atom. The van der Waals surface area contributed by atoms with Crippen LogP contribution in [0.15, 0.2) is 12.2 Å². The molecule has 0 spiro atoms. The second-order valence-electron chi connectivity index (χ2n) is 2.82. The highest BCUT2D eigenvalue weighted by molar-refractivity contribution is 4.79. The zero-order valence-corrected chi connectivity index (χ0v) is 7.08. The van der Waals surface area contributed by atoms with Gasteiger partial charge in [0.05, 0.1) is 26.4 Å². The molecule has 1 aliphatic rings. The Morgan fingerprint density at radius 1 is 1.45 bits per heavy atom. The summed E-state index contributed by atoms with van der Waals surface area (Å²) in [5, 5.41) is 0. The van der Waals surface area contributed by atoms with Crippen molar-refractivity contribution in [2.75, 3.05) is 26.4 Å². The van der Waals surface area contributed by atoms with Gasteiger partial charge in [-0.2, -0.15) is 0 Å². The molecule has 0 aromatic heterocycles. The molecule has 0 amide bonds. The smallest absolute Gasteiger partial charge is 0.0647 e. The molecule has 0 saturated carbocycles. The Balaban J connectivity index is 1.83. The second-order valence-corrected chi connectivity index (χ2v) is 2.82. The number of hydrogen-bond donors (Lipinski definition) is 0. The molecule has 64 valence electrons. The molecule has 11 heavy (non-hydrogen) atoms. The molecular formula is C9H16O2. The molecule has 0 radical (unpaired) electrons. The molecule has 0 aromatic carbocycles. The molecule has 0 aromatic rings. The highest BCUT2D eigenvalue weighted by Crippen LogP contribution is 2.09. The van der Waals surface area contributed by atoms with E-state index in [9.17, 15) is 0 Å². The largest absolute Gasteiger partial charge is 0.381 e. The van der Waals surface area contributed by atoms with Gasteiger partial charge in [-0.3, -0.25) is 0 Å². The third-order valence-corrected chi connectivity index (χ3v) is 1.68. The van der Waals surface area contributed by atoms with E-state index in [1.54, 1.807) is 0 Å². The van der Waals surface area contributed by atoms with E-state index in [0.717, 1.165) is 32.8 Å². The molecule has 2 heteroatoms. The topological polar surface area (TPSA) is 18.5 Å². The summed E-state index contributed by atoms with van der Waals surface area (Å²) in [5.74, 6) is 0.657. The molecular weight excluding hydrogens is 140 g/mol. The molecule has 0 bridgehead atoms. The first-order valence-electron chi connectivity index (χ1n) is 4.24. The van der Waals surface area contributed by atoms with E-state index < -0.39 is 0 Å². The third-order valence-electron chi connectivity index (χ3n) is 1.68. The van der Waals surface area contributed by atoms with Gasteiger partial charge in [-0.25, -0.2) is 0 Å². The fourth-order valence-electron chi connectivity index (χ4n) is 0.918. The van der Waals surface area contributed by atoms with Crippen LogP contribution in [-0.2, 0) is 9.47 Å². The van der Waals surface area contributed by atoms with E-state index in [-0.39, 0.29) is 0 Å². The lowest BCUT2D eigenvalue weighted by Gasteiger charge is -2.25. The number of ether oxygens (including phenoxy) is 2. The van der Waals surface area contributed by atoms with Gasteiger partial charge in [0.2, 0.25) is 0 Å². The molecule has 0 N–H and O–H groups in total. The van der Waals surface area contributed by atoms with Crippen LogP contribution in [0, 0.1) is 5.92 Å². The maximum atomic E-state index is 5.37. The van der Waals surface area contributed by atoms with Crippen molar-refractivity contribution in [3.05, 3.63) is 12.2 Å². The first kappa shape index (κ1) is 8.75. The van der Waals surface area contributed by atoms with Crippen LogP contribution in [0.5, 0.6) is 0 Å². The molecule has 0 atom stereocenters. The molecule has 1 fully saturated rings. The van der Waals surface area contributed by atoms with Crippen LogP contribution < -0.4 is 0 Å². The minimum atomic E-state index is 0.657. The van der Waals surface area contributed by atoms with Crippen molar-refractivity contribution < 1.29 is 9.47 Å². The Hall–Kier alpha value is -0.340. The lowest BCUT2D eigenvalue weighted by atomic mass is 10.1. The number of allylic oxidation sites excluding steroid dienone is 1. The summed E-state index contributed by atoms with van der Waals surface area (Å²) in [6.07, 6.45) is 5.28. The normalized spacial score (nSPS) is 19.0. The van der Waals surface area contributed by atoms with Crippen LogP contribution in [0.4, 0.5) is 0 Å². The van der Waals surface area contributed by atoms with E-state index in [4.69, 9.17) is 9.47 Å². The Labute approximate surface area is 68.2 Å². The van der Waals surface area contributed by atoms with Gasteiger partial charge in [0.15, 0.2) is 0 Å². The van der Waals surface area contributed by atoms with E-state index in [2.05, 4.69) is 19.1 Å². The predicted octanol–water partition coefficient (Wildman–Crippen LogP) is 1.62. The molecule has 1 heterocycles. The van der Waals surface area contributed by atoms with Gasteiger partial charge in [-0.05, 0) is 6.42 Å². The molecule has 1 aliphatic heterocycles. The zero-order valence-electron chi connectivity index (χ0n) is 7.08. The first-order chi connectivity index (χ1) is 5.43. The Kier molecular flexibility index (Phi) is 4.24. The molecule has 1 saturated heterocycles. The summed E-state index contributed by atoms with van der Waals surface area (Å²) < 4.78 is 10.4. The summed E-state index contributed by atoms with van der Waals surface area (Å²) in [7, 11) is 0. The van der Waals surface area contributed by atoms with Gasteiger partial charge < -0.3 is 9.47 Å². The van der Waals surface area contributed by atoms with Gasteiger partial charge in [0, 0.05) is 5.92 Å². The zero-order chi connectivity index (χ0) is 7.94. The number of rotatable bonds is 5. The van der Waals surface area contributed by atoms with Crippen molar-refractivity contribution in [3.63, 3.8) is 0 Å². The fraction of sp³-hybridized carbons (Fsp3) is 0.778. The van der Waals surface area contributed by atoms with Crippen LogP contribution in [0.25, 0.3) is 0 Å². The summed E-state index contributed by atoms with van der Waals surface area (Å²) in [6.45, 7) is 5.50. The van der Waals surface area contributed by atoms with Gasteiger partial charge in [-0.15, -0.1) is 0 Å². The van der Waals surface area contributed by atoms with E-state index in [1.807, 2.05) is 0 Å². The minimum absolute atomic E-state index is 0.657. The van der Waals surface area contributed by atoms with Crippen LogP contribution >= 0.6 is 0 Å². The maximum Gasteiger partial charge on any atom is 0.0647 e. The molecule has 0 aliphatic carbocycles. The SMILES string of the molecule is CCC=CCOCC1COC1. The van der Waals surface area contributed by atoms with E-state index in [0.29, 0.717) is 5.92 Å². The van der Waals surface area contributed by atoms with Crippen molar-refractivity contribution in [2.45, 2.75) is 13.3 Å². The molecule has 1 rings (SSSR count). The average Bonchev–Trinajstić information content (AvgIpc) is 1.93.